The number of amides is 1. The number of hydrogen-bond acceptors (Lipinski definition) is 3. The van der Waals surface area contributed by atoms with E-state index < -0.39 is 0 Å². The highest BCUT2D eigenvalue weighted by molar-refractivity contribution is 5.77. The summed E-state index contributed by atoms with van der Waals surface area (Å²) in [4.78, 5) is 11.0. The van der Waals surface area contributed by atoms with Crippen molar-refractivity contribution in [2.75, 3.05) is 13.6 Å². The minimum Gasteiger partial charge on any atom is -0.358 e. The molecule has 1 rings (SSSR count). The lowest BCUT2D eigenvalue weighted by atomic mass is 10.2. The summed E-state index contributed by atoms with van der Waals surface area (Å²) in [6.07, 6.45) is 4.18. The van der Waals surface area contributed by atoms with E-state index in [9.17, 15) is 4.79 Å². The summed E-state index contributed by atoms with van der Waals surface area (Å²) in [7, 11) is 1.63. The van der Waals surface area contributed by atoms with Gasteiger partial charge >= 0.3 is 0 Å². The van der Waals surface area contributed by atoms with Crippen LogP contribution >= 0.6 is 0 Å². The summed E-state index contributed by atoms with van der Waals surface area (Å²) >= 11 is 0. The van der Waals surface area contributed by atoms with Gasteiger partial charge in [-0.15, -0.1) is 0 Å². The Morgan fingerprint density at radius 1 is 1.47 bits per heavy atom. The molecule has 2 N–H and O–H groups in total. The highest BCUT2D eigenvalue weighted by atomic mass is 16.1. The maximum absolute atomic E-state index is 11.0. The number of aromatic nitrogens is 2. The SMILES string of the molecule is CCC(CC)n1ccc(CNCC(=O)NC)n1. The maximum atomic E-state index is 11.0. The second-order valence-corrected chi connectivity index (χ2v) is 4.03. The normalized spacial score (nSPS) is 10.8. The lowest BCUT2D eigenvalue weighted by Crippen LogP contribution is -2.31. The Bertz CT molecular complexity index is 344. The highest BCUT2D eigenvalue weighted by Gasteiger charge is 2.07. The van der Waals surface area contributed by atoms with Crippen LogP contribution in [0, 0.1) is 0 Å². The van der Waals surface area contributed by atoms with Crippen molar-refractivity contribution in [3.8, 4) is 0 Å². The second kappa shape index (κ2) is 7.06. The van der Waals surface area contributed by atoms with Crippen LogP contribution in [0.4, 0.5) is 0 Å². The molecular weight excluding hydrogens is 216 g/mol. The number of carbonyl (C=O) groups excluding carboxylic acids is 1. The molecule has 96 valence electrons. The van der Waals surface area contributed by atoms with E-state index in [1.165, 1.54) is 0 Å². The molecule has 0 aliphatic carbocycles. The standard InChI is InChI=1S/C12H22N4O/c1-4-11(5-2)16-7-6-10(15-16)8-14-9-12(17)13-3/h6-7,11,14H,4-5,8-9H2,1-3H3,(H,13,17). The quantitative estimate of drug-likeness (QED) is 0.747. The maximum Gasteiger partial charge on any atom is 0.233 e. The molecule has 0 aliphatic rings. The lowest BCUT2D eigenvalue weighted by molar-refractivity contribution is -0.119. The van der Waals surface area contributed by atoms with Crippen LogP contribution in [0.1, 0.15) is 38.4 Å². The van der Waals surface area contributed by atoms with Crippen molar-refractivity contribution in [1.82, 2.24) is 20.4 Å². The summed E-state index contributed by atoms with van der Waals surface area (Å²) in [6, 6.07) is 2.47. The van der Waals surface area contributed by atoms with Gasteiger partial charge in [-0.05, 0) is 18.9 Å². The van der Waals surface area contributed by atoms with Gasteiger partial charge in [0.25, 0.3) is 0 Å². The molecule has 0 atom stereocenters. The molecular formula is C12H22N4O. The minimum atomic E-state index is -0.00979. The third-order valence-corrected chi connectivity index (χ3v) is 2.85. The molecule has 0 saturated heterocycles. The monoisotopic (exact) mass is 238 g/mol. The first-order valence-electron chi connectivity index (χ1n) is 6.16. The van der Waals surface area contributed by atoms with Crippen molar-refractivity contribution in [3.05, 3.63) is 18.0 Å². The van der Waals surface area contributed by atoms with Gasteiger partial charge in [0.05, 0.1) is 18.3 Å². The summed E-state index contributed by atoms with van der Waals surface area (Å²) in [6.45, 7) is 5.29. The predicted octanol–water partition coefficient (Wildman–Crippen LogP) is 1.08. The zero-order valence-corrected chi connectivity index (χ0v) is 10.9. The van der Waals surface area contributed by atoms with Crippen molar-refractivity contribution in [2.24, 2.45) is 0 Å². The molecule has 1 aromatic rings. The Kier molecular flexibility index (Phi) is 5.69. The van der Waals surface area contributed by atoms with E-state index in [-0.39, 0.29) is 5.91 Å². The molecule has 0 radical (unpaired) electrons. The third kappa shape index (κ3) is 4.19. The van der Waals surface area contributed by atoms with Crippen LogP contribution in [0.15, 0.2) is 12.3 Å². The number of nitrogens with one attached hydrogen (secondary N) is 2. The van der Waals surface area contributed by atoms with Crippen molar-refractivity contribution in [1.29, 1.82) is 0 Å². The Hall–Kier alpha value is -1.36. The first kappa shape index (κ1) is 13.7. The van der Waals surface area contributed by atoms with Crippen molar-refractivity contribution in [2.45, 2.75) is 39.3 Å². The van der Waals surface area contributed by atoms with Crippen LogP contribution in [0.3, 0.4) is 0 Å². The van der Waals surface area contributed by atoms with Crippen LogP contribution in [0.2, 0.25) is 0 Å². The molecule has 0 spiro atoms. The smallest absolute Gasteiger partial charge is 0.233 e. The number of hydrogen-bond donors (Lipinski definition) is 2. The van der Waals surface area contributed by atoms with E-state index in [0.717, 1.165) is 18.5 Å². The van der Waals surface area contributed by atoms with Gasteiger partial charge in [-0.2, -0.15) is 5.10 Å². The number of rotatable bonds is 7. The number of likely N-dealkylation sites (N-methyl/N-ethyl adjacent to an activating group) is 1. The van der Waals surface area contributed by atoms with Gasteiger partial charge < -0.3 is 10.6 Å². The van der Waals surface area contributed by atoms with E-state index >= 15 is 0 Å². The Labute approximate surface area is 103 Å². The molecule has 17 heavy (non-hydrogen) atoms. The van der Waals surface area contributed by atoms with Crippen LogP contribution in [-0.4, -0.2) is 29.3 Å². The van der Waals surface area contributed by atoms with E-state index in [0.29, 0.717) is 19.1 Å². The molecule has 0 aromatic carbocycles. The summed E-state index contributed by atoms with van der Waals surface area (Å²) in [5, 5.41) is 10.1. The average molecular weight is 238 g/mol. The Morgan fingerprint density at radius 3 is 2.76 bits per heavy atom. The fourth-order valence-electron chi connectivity index (χ4n) is 1.73. The molecule has 0 fully saturated rings. The van der Waals surface area contributed by atoms with Crippen molar-refractivity contribution >= 4 is 5.91 Å². The Morgan fingerprint density at radius 2 is 2.18 bits per heavy atom. The third-order valence-electron chi connectivity index (χ3n) is 2.85. The van der Waals surface area contributed by atoms with Gasteiger partial charge in [0.15, 0.2) is 0 Å². The lowest BCUT2D eigenvalue weighted by Gasteiger charge is -2.12. The molecule has 1 amide bonds. The van der Waals surface area contributed by atoms with Crippen LogP contribution in [-0.2, 0) is 11.3 Å². The predicted molar refractivity (Wildman–Crippen MR) is 67.6 cm³/mol. The van der Waals surface area contributed by atoms with Gasteiger partial charge in [0, 0.05) is 19.8 Å². The highest BCUT2D eigenvalue weighted by Crippen LogP contribution is 2.14. The van der Waals surface area contributed by atoms with Crippen LogP contribution in [0.25, 0.3) is 0 Å². The molecule has 0 aliphatic heterocycles. The molecule has 0 saturated carbocycles. The average Bonchev–Trinajstić information content (AvgIpc) is 2.79. The zero-order chi connectivity index (χ0) is 12.7. The minimum absolute atomic E-state index is 0.00979. The van der Waals surface area contributed by atoms with Gasteiger partial charge in [0.1, 0.15) is 0 Å². The van der Waals surface area contributed by atoms with Crippen molar-refractivity contribution in [3.63, 3.8) is 0 Å². The largest absolute Gasteiger partial charge is 0.358 e. The van der Waals surface area contributed by atoms with E-state index in [1.54, 1.807) is 7.05 Å². The first-order valence-corrected chi connectivity index (χ1v) is 6.16. The van der Waals surface area contributed by atoms with Crippen molar-refractivity contribution < 1.29 is 4.79 Å². The molecule has 0 unspecified atom stereocenters. The van der Waals surface area contributed by atoms with E-state index in [2.05, 4.69) is 29.6 Å². The number of carbonyl (C=O) groups is 1. The number of nitrogens with zero attached hydrogens (tertiary/aromatic N) is 2. The summed E-state index contributed by atoms with van der Waals surface area (Å²) < 4.78 is 2.01. The van der Waals surface area contributed by atoms with Crippen LogP contribution < -0.4 is 10.6 Å². The van der Waals surface area contributed by atoms with Gasteiger partial charge in [0.2, 0.25) is 5.91 Å². The Balaban J connectivity index is 2.43. The topological polar surface area (TPSA) is 59.0 Å². The molecule has 5 heteroatoms. The second-order valence-electron chi connectivity index (χ2n) is 4.03. The molecule has 5 nitrogen and oxygen atoms in total. The molecule has 1 aromatic heterocycles. The van der Waals surface area contributed by atoms with Crippen LogP contribution in [0.5, 0.6) is 0 Å². The van der Waals surface area contributed by atoms with Gasteiger partial charge in [-0.25, -0.2) is 0 Å². The van der Waals surface area contributed by atoms with Gasteiger partial charge in [-0.1, -0.05) is 13.8 Å². The fourth-order valence-corrected chi connectivity index (χ4v) is 1.73. The van der Waals surface area contributed by atoms with E-state index in [1.807, 2.05) is 16.9 Å². The zero-order valence-electron chi connectivity index (χ0n) is 10.9. The summed E-state index contributed by atoms with van der Waals surface area (Å²) in [5.41, 5.74) is 0.973. The first-order chi connectivity index (χ1) is 8.21. The molecule has 0 bridgehead atoms. The fraction of sp³-hybridized carbons (Fsp3) is 0.667. The molecule has 1 heterocycles. The van der Waals surface area contributed by atoms with E-state index in [4.69, 9.17) is 0 Å². The van der Waals surface area contributed by atoms with Gasteiger partial charge in [-0.3, -0.25) is 9.48 Å². The summed E-state index contributed by atoms with van der Waals surface area (Å²) in [5.74, 6) is -0.00979.